The molecule has 6 rings (SSSR count). The molecule has 0 spiro atoms. The number of anilines is 1. The van der Waals surface area contributed by atoms with Crippen molar-refractivity contribution in [2.75, 3.05) is 5.32 Å². The number of benzene rings is 2. The van der Waals surface area contributed by atoms with E-state index in [-0.39, 0.29) is 23.1 Å². The van der Waals surface area contributed by atoms with E-state index < -0.39 is 0 Å². The first kappa shape index (κ1) is 20.7. The van der Waals surface area contributed by atoms with Crippen LogP contribution in [0.4, 0.5) is 5.69 Å². The SMILES string of the molecule is O=C(CC12CC3CC(CC(C3)C1)C2)NNC(=O)c1ccc(NC(=O)c2ccccc2)cc1. The van der Waals surface area contributed by atoms with Crippen molar-refractivity contribution in [1.82, 2.24) is 10.9 Å². The summed E-state index contributed by atoms with van der Waals surface area (Å²) in [4.78, 5) is 37.3. The third-order valence-corrected chi connectivity index (χ3v) is 7.46. The summed E-state index contributed by atoms with van der Waals surface area (Å²) in [6.45, 7) is 0. The zero-order valence-corrected chi connectivity index (χ0v) is 18.1. The van der Waals surface area contributed by atoms with Gasteiger partial charge in [-0.05, 0) is 98.1 Å². The molecule has 0 unspecified atom stereocenters. The van der Waals surface area contributed by atoms with Gasteiger partial charge in [0.15, 0.2) is 0 Å². The molecule has 0 aromatic heterocycles. The Bertz CT molecular complexity index is 981. The van der Waals surface area contributed by atoms with Crippen LogP contribution in [-0.2, 0) is 4.79 Å². The van der Waals surface area contributed by atoms with Crippen LogP contribution in [0.2, 0.25) is 0 Å². The van der Waals surface area contributed by atoms with Crippen molar-refractivity contribution in [2.24, 2.45) is 23.2 Å². The maximum atomic E-state index is 12.6. The maximum absolute atomic E-state index is 12.6. The molecular weight excluding hydrogens is 402 g/mol. The average Bonchev–Trinajstić information content (AvgIpc) is 2.77. The van der Waals surface area contributed by atoms with Crippen molar-refractivity contribution >= 4 is 23.4 Å². The van der Waals surface area contributed by atoms with Gasteiger partial charge in [0.2, 0.25) is 5.91 Å². The monoisotopic (exact) mass is 431 g/mol. The molecule has 0 radical (unpaired) electrons. The summed E-state index contributed by atoms with van der Waals surface area (Å²) in [6, 6.07) is 15.5. The Morgan fingerprint density at radius 2 is 1.28 bits per heavy atom. The van der Waals surface area contributed by atoms with Gasteiger partial charge < -0.3 is 5.32 Å². The zero-order valence-electron chi connectivity index (χ0n) is 18.1. The second kappa shape index (κ2) is 8.41. The lowest BCUT2D eigenvalue weighted by atomic mass is 9.49. The van der Waals surface area contributed by atoms with E-state index in [1.54, 1.807) is 48.5 Å². The lowest BCUT2D eigenvalue weighted by Gasteiger charge is -2.56. The molecular formula is C26H29N3O3. The highest BCUT2D eigenvalue weighted by Gasteiger charge is 2.51. The van der Waals surface area contributed by atoms with Gasteiger partial charge in [0, 0.05) is 23.2 Å². The minimum atomic E-state index is -0.371. The number of rotatable bonds is 5. The van der Waals surface area contributed by atoms with Gasteiger partial charge in [-0.1, -0.05) is 18.2 Å². The van der Waals surface area contributed by atoms with Gasteiger partial charge in [-0.2, -0.15) is 0 Å². The molecule has 32 heavy (non-hydrogen) atoms. The molecule has 4 aliphatic carbocycles. The molecule has 4 aliphatic rings. The van der Waals surface area contributed by atoms with E-state index in [2.05, 4.69) is 16.2 Å². The minimum Gasteiger partial charge on any atom is -0.322 e. The van der Waals surface area contributed by atoms with Gasteiger partial charge >= 0.3 is 0 Å². The van der Waals surface area contributed by atoms with Crippen molar-refractivity contribution in [2.45, 2.75) is 44.9 Å². The Morgan fingerprint density at radius 1 is 0.719 bits per heavy atom. The van der Waals surface area contributed by atoms with Crippen LogP contribution in [-0.4, -0.2) is 17.7 Å². The fourth-order valence-corrected chi connectivity index (χ4v) is 6.59. The van der Waals surface area contributed by atoms with Crippen molar-refractivity contribution in [3.05, 3.63) is 65.7 Å². The Kier molecular flexibility index (Phi) is 5.45. The molecule has 0 heterocycles. The summed E-state index contributed by atoms with van der Waals surface area (Å²) in [5, 5.41) is 2.81. The van der Waals surface area contributed by atoms with Crippen LogP contribution >= 0.6 is 0 Å². The quantitative estimate of drug-likeness (QED) is 0.617. The normalized spacial score (nSPS) is 27.6. The van der Waals surface area contributed by atoms with Gasteiger partial charge in [-0.15, -0.1) is 0 Å². The minimum absolute atomic E-state index is 0.105. The summed E-state index contributed by atoms with van der Waals surface area (Å²) < 4.78 is 0. The van der Waals surface area contributed by atoms with Gasteiger partial charge in [-0.3, -0.25) is 25.2 Å². The molecule has 6 heteroatoms. The van der Waals surface area contributed by atoms with Gasteiger partial charge in [0.1, 0.15) is 0 Å². The van der Waals surface area contributed by atoms with Crippen molar-refractivity contribution in [3.8, 4) is 0 Å². The third kappa shape index (κ3) is 4.40. The number of carbonyl (C=O) groups is 3. The fourth-order valence-electron chi connectivity index (χ4n) is 6.59. The number of hydrazine groups is 1. The lowest BCUT2D eigenvalue weighted by Crippen LogP contribution is -2.50. The summed E-state index contributed by atoms with van der Waals surface area (Å²) >= 11 is 0. The molecule has 166 valence electrons. The van der Waals surface area contributed by atoms with Crippen LogP contribution in [0, 0.1) is 23.2 Å². The molecule has 0 atom stereocenters. The van der Waals surface area contributed by atoms with E-state index in [1.165, 1.54) is 19.3 Å². The highest BCUT2D eigenvalue weighted by molar-refractivity contribution is 6.04. The molecule has 2 aromatic carbocycles. The Labute approximate surface area is 188 Å². The predicted molar refractivity (Wildman–Crippen MR) is 122 cm³/mol. The van der Waals surface area contributed by atoms with Gasteiger partial charge in [0.25, 0.3) is 11.8 Å². The van der Waals surface area contributed by atoms with Crippen LogP contribution in [0.3, 0.4) is 0 Å². The van der Waals surface area contributed by atoms with E-state index in [0.29, 0.717) is 23.2 Å². The molecule has 2 aromatic rings. The first-order valence-corrected chi connectivity index (χ1v) is 11.5. The molecule has 6 nitrogen and oxygen atoms in total. The Morgan fingerprint density at radius 3 is 1.88 bits per heavy atom. The molecule has 4 fully saturated rings. The molecule has 3 amide bonds. The average molecular weight is 432 g/mol. The van der Waals surface area contributed by atoms with Crippen LogP contribution < -0.4 is 16.2 Å². The number of nitrogens with one attached hydrogen (secondary N) is 3. The van der Waals surface area contributed by atoms with Crippen LogP contribution in [0.15, 0.2) is 54.6 Å². The maximum Gasteiger partial charge on any atom is 0.269 e. The standard InChI is InChI=1S/C26H29N3O3/c30-23(16-26-13-17-10-18(14-26)12-19(11-17)15-26)28-29-25(32)21-6-8-22(9-7-21)27-24(31)20-4-2-1-3-5-20/h1-9,17-19H,10-16H2,(H,27,31)(H,28,30)(H,29,32). The van der Waals surface area contributed by atoms with Crippen molar-refractivity contribution < 1.29 is 14.4 Å². The van der Waals surface area contributed by atoms with Crippen molar-refractivity contribution in [3.63, 3.8) is 0 Å². The summed E-state index contributed by atoms with van der Waals surface area (Å²) in [5.41, 5.74) is 6.88. The van der Waals surface area contributed by atoms with Crippen LogP contribution in [0.1, 0.15) is 65.7 Å². The fraction of sp³-hybridized carbons (Fsp3) is 0.423. The Balaban J connectivity index is 1.12. The largest absolute Gasteiger partial charge is 0.322 e. The second-order valence-electron chi connectivity index (χ2n) is 9.99. The topological polar surface area (TPSA) is 87.3 Å². The third-order valence-electron chi connectivity index (χ3n) is 7.46. The molecule has 0 saturated heterocycles. The second-order valence-corrected chi connectivity index (χ2v) is 9.99. The van der Waals surface area contributed by atoms with E-state index in [9.17, 15) is 14.4 Å². The van der Waals surface area contributed by atoms with E-state index in [0.717, 1.165) is 37.0 Å². The smallest absolute Gasteiger partial charge is 0.269 e. The van der Waals surface area contributed by atoms with Crippen LogP contribution in [0.5, 0.6) is 0 Å². The summed E-state index contributed by atoms with van der Waals surface area (Å²) in [7, 11) is 0. The summed E-state index contributed by atoms with van der Waals surface area (Å²) in [5.74, 6) is 1.70. The van der Waals surface area contributed by atoms with Gasteiger partial charge in [-0.25, -0.2) is 0 Å². The first-order valence-electron chi connectivity index (χ1n) is 11.5. The van der Waals surface area contributed by atoms with Crippen LogP contribution in [0.25, 0.3) is 0 Å². The Hall–Kier alpha value is -3.15. The number of carbonyl (C=O) groups excluding carboxylic acids is 3. The van der Waals surface area contributed by atoms with Crippen molar-refractivity contribution in [1.29, 1.82) is 0 Å². The number of hydrogen-bond acceptors (Lipinski definition) is 3. The molecule has 4 bridgehead atoms. The zero-order chi connectivity index (χ0) is 22.1. The highest BCUT2D eigenvalue weighted by Crippen LogP contribution is 2.61. The summed E-state index contributed by atoms with van der Waals surface area (Å²) in [6.07, 6.45) is 8.03. The highest BCUT2D eigenvalue weighted by atomic mass is 16.2. The molecule has 3 N–H and O–H groups in total. The molecule has 0 aliphatic heterocycles. The number of hydrogen-bond donors (Lipinski definition) is 3. The predicted octanol–water partition coefficient (Wildman–Crippen LogP) is 4.31. The molecule has 4 saturated carbocycles. The van der Waals surface area contributed by atoms with E-state index >= 15 is 0 Å². The van der Waals surface area contributed by atoms with E-state index in [4.69, 9.17) is 0 Å². The van der Waals surface area contributed by atoms with E-state index in [1.807, 2.05) is 6.07 Å². The van der Waals surface area contributed by atoms with Gasteiger partial charge in [0.05, 0.1) is 0 Å². The first-order chi connectivity index (χ1) is 15.5. The number of amides is 3. The lowest BCUT2D eigenvalue weighted by molar-refractivity contribution is -0.130.